The SMILES string of the molecule is COc1cc(CNCC=C(C)C)cc(OC)c1. The van der Waals surface area contributed by atoms with Gasteiger partial charge >= 0.3 is 0 Å². The Morgan fingerprint density at radius 3 is 2.18 bits per heavy atom. The van der Waals surface area contributed by atoms with Gasteiger partial charge in [0, 0.05) is 19.2 Å². The Balaban J connectivity index is 2.60. The summed E-state index contributed by atoms with van der Waals surface area (Å²) in [5.74, 6) is 1.65. The van der Waals surface area contributed by atoms with Crippen LogP contribution in [0.4, 0.5) is 0 Å². The van der Waals surface area contributed by atoms with Gasteiger partial charge in [-0.05, 0) is 31.5 Å². The highest BCUT2D eigenvalue weighted by atomic mass is 16.5. The Labute approximate surface area is 103 Å². The average molecular weight is 235 g/mol. The molecule has 0 heterocycles. The van der Waals surface area contributed by atoms with Crippen LogP contribution < -0.4 is 14.8 Å². The Bertz CT molecular complexity index is 360. The van der Waals surface area contributed by atoms with Crippen molar-refractivity contribution in [2.75, 3.05) is 20.8 Å². The van der Waals surface area contributed by atoms with Crippen LogP contribution in [0.3, 0.4) is 0 Å². The molecule has 94 valence electrons. The molecule has 17 heavy (non-hydrogen) atoms. The quantitative estimate of drug-likeness (QED) is 0.607. The molecule has 0 aliphatic rings. The summed E-state index contributed by atoms with van der Waals surface area (Å²) in [4.78, 5) is 0. The summed E-state index contributed by atoms with van der Waals surface area (Å²) in [6.07, 6.45) is 2.16. The van der Waals surface area contributed by atoms with Crippen LogP contribution in [-0.2, 0) is 6.54 Å². The van der Waals surface area contributed by atoms with Crippen molar-refractivity contribution in [1.82, 2.24) is 5.32 Å². The maximum absolute atomic E-state index is 5.22. The predicted octanol–water partition coefficient (Wildman–Crippen LogP) is 2.76. The predicted molar refractivity (Wildman–Crippen MR) is 70.7 cm³/mol. The zero-order valence-corrected chi connectivity index (χ0v) is 11.0. The van der Waals surface area contributed by atoms with E-state index < -0.39 is 0 Å². The molecule has 0 saturated carbocycles. The van der Waals surface area contributed by atoms with Crippen LogP contribution in [0.1, 0.15) is 19.4 Å². The van der Waals surface area contributed by atoms with Crippen molar-refractivity contribution in [2.24, 2.45) is 0 Å². The standard InChI is InChI=1S/C14H21NO2/c1-11(2)5-6-15-10-12-7-13(16-3)9-14(8-12)17-4/h5,7-9,15H,6,10H2,1-4H3. The lowest BCUT2D eigenvalue weighted by molar-refractivity contribution is 0.393. The summed E-state index contributed by atoms with van der Waals surface area (Å²) in [7, 11) is 3.32. The molecule has 1 aromatic carbocycles. The van der Waals surface area contributed by atoms with Gasteiger partial charge in [-0.15, -0.1) is 0 Å². The number of ether oxygens (including phenoxy) is 2. The lowest BCUT2D eigenvalue weighted by atomic mass is 10.2. The fourth-order valence-electron chi connectivity index (χ4n) is 1.46. The monoisotopic (exact) mass is 235 g/mol. The van der Waals surface area contributed by atoms with E-state index in [1.165, 1.54) is 5.57 Å². The van der Waals surface area contributed by atoms with E-state index in [4.69, 9.17) is 9.47 Å². The van der Waals surface area contributed by atoms with E-state index in [2.05, 4.69) is 25.2 Å². The molecule has 1 rings (SSSR count). The van der Waals surface area contributed by atoms with Gasteiger partial charge in [0.1, 0.15) is 11.5 Å². The topological polar surface area (TPSA) is 30.5 Å². The van der Waals surface area contributed by atoms with Gasteiger partial charge in [-0.1, -0.05) is 11.6 Å². The largest absolute Gasteiger partial charge is 0.497 e. The summed E-state index contributed by atoms with van der Waals surface area (Å²) in [6, 6.07) is 5.90. The van der Waals surface area contributed by atoms with Crippen molar-refractivity contribution in [3.05, 3.63) is 35.4 Å². The van der Waals surface area contributed by atoms with Crippen LogP contribution in [0.25, 0.3) is 0 Å². The van der Waals surface area contributed by atoms with E-state index in [9.17, 15) is 0 Å². The number of allylic oxidation sites excluding steroid dienone is 1. The van der Waals surface area contributed by atoms with Crippen LogP contribution >= 0.6 is 0 Å². The number of nitrogens with one attached hydrogen (secondary N) is 1. The zero-order valence-electron chi connectivity index (χ0n) is 11.0. The highest BCUT2D eigenvalue weighted by molar-refractivity contribution is 5.38. The summed E-state index contributed by atoms with van der Waals surface area (Å²) in [5.41, 5.74) is 2.48. The minimum atomic E-state index is 0.803. The molecule has 0 bridgehead atoms. The van der Waals surface area contributed by atoms with Crippen molar-refractivity contribution >= 4 is 0 Å². The van der Waals surface area contributed by atoms with E-state index >= 15 is 0 Å². The van der Waals surface area contributed by atoms with E-state index in [1.807, 2.05) is 18.2 Å². The molecule has 0 atom stereocenters. The van der Waals surface area contributed by atoms with Crippen molar-refractivity contribution in [3.8, 4) is 11.5 Å². The maximum Gasteiger partial charge on any atom is 0.122 e. The Hall–Kier alpha value is -1.48. The molecule has 0 fully saturated rings. The number of hydrogen-bond donors (Lipinski definition) is 1. The molecular formula is C14H21NO2. The number of rotatable bonds is 6. The van der Waals surface area contributed by atoms with Gasteiger partial charge in [-0.3, -0.25) is 0 Å². The molecule has 0 aliphatic carbocycles. The Kier molecular flexibility index (Phi) is 5.57. The average Bonchev–Trinajstić information content (AvgIpc) is 2.34. The van der Waals surface area contributed by atoms with Crippen LogP contribution in [-0.4, -0.2) is 20.8 Å². The number of hydrogen-bond acceptors (Lipinski definition) is 3. The first-order valence-electron chi connectivity index (χ1n) is 5.71. The van der Waals surface area contributed by atoms with Gasteiger partial charge in [0.15, 0.2) is 0 Å². The number of benzene rings is 1. The maximum atomic E-state index is 5.22. The summed E-state index contributed by atoms with van der Waals surface area (Å²) in [6.45, 7) is 5.87. The van der Waals surface area contributed by atoms with Crippen molar-refractivity contribution in [1.29, 1.82) is 0 Å². The van der Waals surface area contributed by atoms with Crippen LogP contribution in [0.15, 0.2) is 29.8 Å². The van der Waals surface area contributed by atoms with E-state index in [-0.39, 0.29) is 0 Å². The third kappa shape index (κ3) is 4.91. The second-order valence-electron chi connectivity index (χ2n) is 4.13. The third-order valence-electron chi connectivity index (χ3n) is 2.40. The fraction of sp³-hybridized carbons (Fsp3) is 0.429. The molecule has 0 spiro atoms. The molecule has 0 saturated heterocycles. The van der Waals surface area contributed by atoms with Crippen molar-refractivity contribution in [3.63, 3.8) is 0 Å². The summed E-state index contributed by atoms with van der Waals surface area (Å²) >= 11 is 0. The normalized spacial score (nSPS) is 9.88. The van der Waals surface area contributed by atoms with Gasteiger partial charge in [0.05, 0.1) is 14.2 Å². The lowest BCUT2D eigenvalue weighted by Crippen LogP contribution is -2.13. The van der Waals surface area contributed by atoms with Crippen LogP contribution in [0.5, 0.6) is 11.5 Å². The molecule has 0 amide bonds. The molecule has 1 aromatic rings. The zero-order chi connectivity index (χ0) is 12.7. The van der Waals surface area contributed by atoms with E-state index in [0.29, 0.717) is 0 Å². The van der Waals surface area contributed by atoms with Gasteiger partial charge in [0.25, 0.3) is 0 Å². The first-order valence-corrected chi connectivity index (χ1v) is 5.71. The van der Waals surface area contributed by atoms with Gasteiger partial charge in [-0.25, -0.2) is 0 Å². The van der Waals surface area contributed by atoms with Crippen molar-refractivity contribution < 1.29 is 9.47 Å². The van der Waals surface area contributed by atoms with Gasteiger partial charge < -0.3 is 14.8 Å². The van der Waals surface area contributed by atoms with Gasteiger partial charge in [-0.2, -0.15) is 0 Å². The van der Waals surface area contributed by atoms with E-state index in [0.717, 1.165) is 30.2 Å². The second kappa shape index (κ2) is 6.97. The van der Waals surface area contributed by atoms with Gasteiger partial charge in [0.2, 0.25) is 0 Å². The smallest absolute Gasteiger partial charge is 0.122 e. The molecule has 0 aliphatic heterocycles. The number of methoxy groups -OCH3 is 2. The van der Waals surface area contributed by atoms with Crippen LogP contribution in [0, 0.1) is 0 Å². The highest BCUT2D eigenvalue weighted by Crippen LogP contribution is 2.22. The van der Waals surface area contributed by atoms with Crippen LogP contribution in [0.2, 0.25) is 0 Å². The van der Waals surface area contributed by atoms with E-state index in [1.54, 1.807) is 14.2 Å². The molecule has 3 heteroatoms. The molecule has 0 unspecified atom stereocenters. The molecule has 1 N–H and O–H groups in total. The summed E-state index contributed by atoms with van der Waals surface area (Å²) in [5, 5.41) is 3.35. The fourth-order valence-corrected chi connectivity index (χ4v) is 1.46. The highest BCUT2D eigenvalue weighted by Gasteiger charge is 2.01. The minimum absolute atomic E-state index is 0.803. The molecule has 0 radical (unpaired) electrons. The first-order chi connectivity index (χ1) is 8.15. The van der Waals surface area contributed by atoms with Crippen molar-refractivity contribution in [2.45, 2.75) is 20.4 Å². The Morgan fingerprint density at radius 2 is 1.71 bits per heavy atom. The second-order valence-corrected chi connectivity index (χ2v) is 4.13. The molecule has 0 aromatic heterocycles. The molecule has 3 nitrogen and oxygen atoms in total. The third-order valence-corrected chi connectivity index (χ3v) is 2.40. The Morgan fingerprint density at radius 1 is 1.12 bits per heavy atom. The lowest BCUT2D eigenvalue weighted by Gasteiger charge is -2.08. The minimum Gasteiger partial charge on any atom is -0.497 e. The first kappa shape index (κ1) is 13.6. The summed E-state index contributed by atoms with van der Waals surface area (Å²) < 4.78 is 10.4. The molecular weight excluding hydrogens is 214 g/mol.